The Morgan fingerprint density at radius 1 is 1.38 bits per heavy atom. The number of carboxylic acids is 1. The van der Waals surface area contributed by atoms with Crippen LogP contribution in [0.15, 0.2) is 30.5 Å². The lowest BCUT2D eigenvalue weighted by atomic mass is 10.3. The third-order valence-corrected chi connectivity index (χ3v) is 2.07. The normalized spacial score (nSPS) is 12.3. The lowest BCUT2D eigenvalue weighted by molar-refractivity contribution is -0.144. The molecule has 1 atom stereocenters. The van der Waals surface area contributed by atoms with Crippen molar-refractivity contribution in [2.24, 2.45) is 0 Å². The molecule has 16 heavy (non-hydrogen) atoms. The van der Waals surface area contributed by atoms with E-state index in [4.69, 9.17) is 9.84 Å². The molecule has 1 aromatic carbocycles. The molecule has 0 amide bonds. The minimum Gasteiger partial charge on any atom is -0.479 e. The molecule has 82 valence electrons. The van der Waals surface area contributed by atoms with Gasteiger partial charge in [-0.15, -0.1) is 0 Å². The highest BCUT2D eigenvalue weighted by molar-refractivity contribution is 5.74. The third-order valence-electron chi connectivity index (χ3n) is 2.07. The quantitative estimate of drug-likeness (QED) is 0.844. The van der Waals surface area contributed by atoms with Gasteiger partial charge < -0.3 is 9.84 Å². The molecule has 0 spiro atoms. The van der Waals surface area contributed by atoms with Gasteiger partial charge >= 0.3 is 5.97 Å². The molecular weight excluding hydrogens is 208 g/mol. The van der Waals surface area contributed by atoms with Gasteiger partial charge in [-0.1, -0.05) is 12.1 Å². The van der Waals surface area contributed by atoms with Crippen LogP contribution in [-0.2, 0) is 4.79 Å². The molecule has 1 unspecified atom stereocenters. The van der Waals surface area contributed by atoms with E-state index in [0.29, 0.717) is 5.52 Å². The van der Waals surface area contributed by atoms with Gasteiger partial charge in [0.25, 0.3) is 0 Å². The van der Waals surface area contributed by atoms with Crippen LogP contribution in [0.1, 0.15) is 6.92 Å². The fourth-order valence-electron chi connectivity index (χ4n) is 1.23. The summed E-state index contributed by atoms with van der Waals surface area (Å²) in [5.74, 6) is -0.816. The van der Waals surface area contributed by atoms with E-state index in [1.807, 2.05) is 18.2 Å². The maximum Gasteiger partial charge on any atom is 0.344 e. The molecule has 2 aromatic rings. The highest BCUT2D eigenvalue weighted by atomic mass is 16.5. The van der Waals surface area contributed by atoms with Crippen molar-refractivity contribution in [3.63, 3.8) is 0 Å². The molecule has 0 radical (unpaired) electrons. The number of nitrogens with zero attached hydrogens (tertiary/aromatic N) is 2. The lowest BCUT2D eigenvalue weighted by Crippen LogP contribution is -2.23. The van der Waals surface area contributed by atoms with Gasteiger partial charge in [-0.05, 0) is 19.1 Å². The van der Waals surface area contributed by atoms with Gasteiger partial charge in [0.1, 0.15) is 0 Å². The van der Waals surface area contributed by atoms with Crippen LogP contribution >= 0.6 is 0 Å². The van der Waals surface area contributed by atoms with Crippen LogP contribution in [0.2, 0.25) is 0 Å². The summed E-state index contributed by atoms with van der Waals surface area (Å²) in [5.41, 5.74) is 1.43. The zero-order valence-electron chi connectivity index (χ0n) is 8.62. The predicted octanol–water partition coefficient (Wildman–Crippen LogP) is 1.48. The molecule has 1 N–H and O–H groups in total. The van der Waals surface area contributed by atoms with Gasteiger partial charge in [-0.3, -0.25) is 0 Å². The Bertz CT molecular complexity index is 527. The summed E-state index contributed by atoms with van der Waals surface area (Å²) in [4.78, 5) is 18.9. The summed E-state index contributed by atoms with van der Waals surface area (Å²) in [7, 11) is 0. The van der Waals surface area contributed by atoms with Crippen molar-refractivity contribution in [1.82, 2.24) is 9.97 Å². The van der Waals surface area contributed by atoms with Crippen LogP contribution in [0, 0.1) is 0 Å². The molecule has 0 aliphatic rings. The second-order valence-electron chi connectivity index (χ2n) is 3.30. The van der Waals surface area contributed by atoms with E-state index in [1.165, 1.54) is 13.1 Å². The number of para-hydroxylation sites is 2. The smallest absolute Gasteiger partial charge is 0.344 e. The van der Waals surface area contributed by atoms with E-state index >= 15 is 0 Å². The first-order valence-electron chi connectivity index (χ1n) is 4.78. The fourth-order valence-corrected chi connectivity index (χ4v) is 1.23. The fraction of sp³-hybridized carbons (Fsp3) is 0.182. The summed E-state index contributed by atoms with van der Waals surface area (Å²) in [6.07, 6.45) is 0.484. The molecule has 0 aliphatic carbocycles. The number of fused-ring (bicyclic) bond motifs is 1. The molecular formula is C11H10N2O3. The number of aliphatic carboxylic acids is 1. The number of ether oxygens (including phenoxy) is 1. The van der Waals surface area contributed by atoms with E-state index in [2.05, 4.69) is 9.97 Å². The van der Waals surface area contributed by atoms with Gasteiger partial charge in [-0.25, -0.2) is 14.8 Å². The summed E-state index contributed by atoms with van der Waals surface area (Å²) in [5, 5.41) is 8.68. The van der Waals surface area contributed by atoms with Crippen LogP contribution in [0.4, 0.5) is 0 Å². The van der Waals surface area contributed by atoms with Crippen LogP contribution < -0.4 is 4.74 Å². The van der Waals surface area contributed by atoms with E-state index in [-0.39, 0.29) is 5.88 Å². The van der Waals surface area contributed by atoms with Crippen molar-refractivity contribution in [2.45, 2.75) is 13.0 Å². The topological polar surface area (TPSA) is 72.3 Å². The van der Waals surface area contributed by atoms with Crippen molar-refractivity contribution in [3.8, 4) is 5.88 Å². The third kappa shape index (κ3) is 2.08. The SMILES string of the molecule is CC(Oc1cnc2ccccc2n1)C(=O)O. The maximum atomic E-state index is 10.6. The molecule has 0 fully saturated rings. The molecule has 5 nitrogen and oxygen atoms in total. The first-order chi connectivity index (χ1) is 7.66. The molecule has 2 rings (SSSR count). The van der Waals surface area contributed by atoms with Crippen molar-refractivity contribution in [2.75, 3.05) is 0 Å². The van der Waals surface area contributed by atoms with E-state index in [9.17, 15) is 4.79 Å². The Hall–Kier alpha value is -2.17. The molecule has 5 heteroatoms. The average molecular weight is 218 g/mol. The van der Waals surface area contributed by atoms with Gasteiger partial charge in [0, 0.05) is 0 Å². The summed E-state index contributed by atoms with van der Waals surface area (Å²) in [6, 6.07) is 7.31. The van der Waals surface area contributed by atoms with Crippen molar-refractivity contribution < 1.29 is 14.6 Å². The Balaban J connectivity index is 2.29. The number of carboxylic acid groups (broad SMARTS) is 1. The Kier molecular flexibility index (Phi) is 2.68. The highest BCUT2D eigenvalue weighted by Gasteiger charge is 2.13. The number of rotatable bonds is 3. The molecule has 0 bridgehead atoms. The monoisotopic (exact) mass is 218 g/mol. The maximum absolute atomic E-state index is 10.6. The van der Waals surface area contributed by atoms with Crippen LogP contribution in [0.5, 0.6) is 5.88 Å². The molecule has 0 saturated heterocycles. The Morgan fingerprint density at radius 3 is 2.75 bits per heavy atom. The first-order valence-corrected chi connectivity index (χ1v) is 4.78. The largest absolute Gasteiger partial charge is 0.479 e. The van der Waals surface area contributed by atoms with Gasteiger partial charge in [-0.2, -0.15) is 0 Å². The van der Waals surface area contributed by atoms with Crippen molar-refractivity contribution >= 4 is 17.0 Å². The highest BCUT2D eigenvalue weighted by Crippen LogP contribution is 2.13. The summed E-state index contributed by atoms with van der Waals surface area (Å²) < 4.78 is 5.11. The standard InChI is InChI=1S/C11H10N2O3/c1-7(11(14)15)16-10-6-12-8-4-2-3-5-9(8)13-10/h2-7H,1H3,(H,14,15). The van der Waals surface area contributed by atoms with E-state index in [0.717, 1.165) is 5.52 Å². The zero-order chi connectivity index (χ0) is 11.5. The van der Waals surface area contributed by atoms with Gasteiger partial charge in [0.15, 0.2) is 6.10 Å². The second kappa shape index (κ2) is 4.14. The van der Waals surface area contributed by atoms with Gasteiger partial charge in [0.2, 0.25) is 5.88 Å². The van der Waals surface area contributed by atoms with Crippen LogP contribution in [-0.4, -0.2) is 27.1 Å². The van der Waals surface area contributed by atoms with Crippen LogP contribution in [0.3, 0.4) is 0 Å². The van der Waals surface area contributed by atoms with Crippen molar-refractivity contribution in [1.29, 1.82) is 0 Å². The number of hydrogen-bond donors (Lipinski definition) is 1. The predicted molar refractivity (Wildman–Crippen MR) is 57.3 cm³/mol. The Labute approximate surface area is 91.7 Å². The number of carbonyl (C=O) groups is 1. The average Bonchev–Trinajstić information content (AvgIpc) is 2.28. The first kappa shape index (κ1) is 10.4. The zero-order valence-corrected chi connectivity index (χ0v) is 8.62. The van der Waals surface area contributed by atoms with Crippen molar-refractivity contribution in [3.05, 3.63) is 30.5 Å². The van der Waals surface area contributed by atoms with E-state index in [1.54, 1.807) is 6.07 Å². The molecule has 0 aliphatic heterocycles. The molecule has 1 heterocycles. The van der Waals surface area contributed by atoms with Gasteiger partial charge in [0.05, 0.1) is 17.2 Å². The molecule has 1 aromatic heterocycles. The number of benzene rings is 1. The Morgan fingerprint density at radius 2 is 2.06 bits per heavy atom. The molecule has 0 saturated carbocycles. The lowest BCUT2D eigenvalue weighted by Gasteiger charge is -2.08. The van der Waals surface area contributed by atoms with Crippen LogP contribution in [0.25, 0.3) is 11.0 Å². The minimum atomic E-state index is -1.03. The summed E-state index contributed by atoms with van der Waals surface area (Å²) in [6.45, 7) is 1.44. The van der Waals surface area contributed by atoms with E-state index < -0.39 is 12.1 Å². The number of aromatic nitrogens is 2. The summed E-state index contributed by atoms with van der Waals surface area (Å²) >= 11 is 0. The second-order valence-corrected chi connectivity index (χ2v) is 3.30. The minimum absolute atomic E-state index is 0.216. The number of hydrogen-bond acceptors (Lipinski definition) is 4.